The summed E-state index contributed by atoms with van der Waals surface area (Å²) in [4.78, 5) is 35.8. The second kappa shape index (κ2) is 13.0. The maximum Gasteiger partial charge on any atom is 0.490 e. The normalized spacial score (nSPS) is 18.0. The Labute approximate surface area is 220 Å². The van der Waals surface area contributed by atoms with E-state index in [1.165, 1.54) is 31.4 Å². The molecule has 2 aromatic rings. The average molecular weight is 566 g/mol. The highest BCUT2D eigenvalue weighted by molar-refractivity contribution is 5.73. The van der Waals surface area contributed by atoms with Crippen LogP contribution in [0.1, 0.15) is 30.4 Å². The molecule has 1 atom stereocenters. The Kier molecular flexibility index (Phi) is 10.6. The maximum absolute atomic E-state index is 10.6. The van der Waals surface area contributed by atoms with Gasteiger partial charge in [-0.05, 0) is 61.8 Å². The fraction of sp³-hybridized carbons (Fsp3) is 0.542. The molecule has 2 fully saturated rings. The SMILES string of the molecule is Cc1cnc(N2CCC3(CC2)CC3CN(C)Cc2cccnc2)nc1.O=C(O)C(F)(F)F.O=C(O)C(F)(F)F. The number of alkyl halides is 6. The van der Waals surface area contributed by atoms with Crippen LogP contribution in [0.15, 0.2) is 36.9 Å². The molecule has 2 aromatic heterocycles. The van der Waals surface area contributed by atoms with Gasteiger partial charge in [-0.1, -0.05) is 6.07 Å². The number of carboxylic acid groups (broad SMARTS) is 2. The topological polar surface area (TPSA) is 120 Å². The minimum absolute atomic E-state index is 0.574. The Bertz CT molecular complexity index is 1050. The van der Waals surface area contributed by atoms with Crippen molar-refractivity contribution in [3.8, 4) is 0 Å². The second-order valence-corrected chi connectivity index (χ2v) is 9.47. The molecule has 4 rings (SSSR count). The van der Waals surface area contributed by atoms with Gasteiger partial charge >= 0.3 is 24.3 Å². The number of aryl methyl sites for hydroxylation is 1. The Balaban J connectivity index is 0.000000317. The molecular weight excluding hydrogens is 536 g/mol. The van der Waals surface area contributed by atoms with Gasteiger partial charge in [0.2, 0.25) is 5.95 Å². The van der Waals surface area contributed by atoms with Gasteiger partial charge in [0.1, 0.15) is 0 Å². The zero-order valence-corrected chi connectivity index (χ0v) is 21.2. The third-order valence-electron chi connectivity index (χ3n) is 6.36. The molecule has 0 bridgehead atoms. The lowest BCUT2D eigenvalue weighted by Crippen LogP contribution is -2.37. The summed E-state index contributed by atoms with van der Waals surface area (Å²) < 4.78 is 63.5. The van der Waals surface area contributed by atoms with E-state index in [0.29, 0.717) is 5.41 Å². The summed E-state index contributed by atoms with van der Waals surface area (Å²) in [5.41, 5.74) is 2.99. The molecule has 39 heavy (non-hydrogen) atoms. The van der Waals surface area contributed by atoms with Gasteiger partial charge in [0, 0.05) is 51.0 Å². The third kappa shape index (κ3) is 10.3. The van der Waals surface area contributed by atoms with Crippen molar-refractivity contribution in [3.05, 3.63) is 48.0 Å². The largest absolute Gasteiger partial charge is 0.490 e. The highest BCUT2D eigenvalue weighted by Crippen LogP contribution is 2.59. The van der Waals surface area contributed by atoms with Crippen LogP contribution in [0.25, 0.3) is 0 Å². The minimum atomic E-state index is -5.08. The van der Waals surface area contributed by atoms with Crippen LogP contribution < -0.4 is 4.90 Å². The van der Waals surface area contributed by atoms with Gasteiger partial charge in [-0.25, -0.2) is 19.6 Å². The lowest BCUT2D eigenvalue weighted by molar-refractivity contribution is -0.193. The third-order valence-corrected chi connectivity index (χ3v) is 6.36. The molecule has 2 aliphatic rings. The number of rotatable bonds is 5. The summed E-state index contributed by atoms with van der Waals surface area (Å²) in [6.45, 7) is 6.39. The number of anilines is 1. The van der Waals surface area contributed by atoms with Gasteiger partial charge in [0.15, 0.2) is 0 Å². The number of nitrogens with zero attached hydrogens (tertiary/aromatic N) is 5. The number of piperidine rings is 1. The summed E-state index contributed by atoms with van der Waals surface area (Å²) in [6.07, 6.45) is 1.41. The van der Waals surface area contributed by atoms with E-state index in [-0.39, 0.29) is 0 Å². The molecule has 3 heterocycles. The van der Waals surface area contributed by atoms with Crippen LogP contribution in [-0.2, 0) is 16.1 Å². The fourth-order valence-corrected chi connectivity index (χ4v) is 4.25. The number of aliphatic carboxylic acids is 2. The van der Waals surface area contributed by atoms with E-state index in [0.717, 1.165) is 37.1 Å². The molecule has 216 valence electrons. The summed E-state index contributed by atoms with van der Waals surface area (Å²) >= 11 is 0. The van der Waals surface area contributed by atoms with Crippen molar-refractivity contribution in [2.75, 3.05) is 31.6 Å². The first kappa shape index (κ1) is 31.7. The lowest BCUT2D eigenvalue weighted by atomic mass is 9.91. The molecule has 15 heteroatoms. The highest BCUT2D eigenvalue weighted by atomic mass is 19.4. The first-order valence-corrected chi connectivity index (χ1v) is 11.7. The van der Waals surface area contributed by atoms with Gasteiger partial charge < -0.3 is 20.0 Å². The second-order valence-electron chi connectivity index (χ2n) is 9.47. The van der Waals surface area contributed by atoms with E-state index < -0.39 is 24.3 Å². The Morgan fingerprint density at radius 1 is 1.03 bits per heavy atom. The number of carbonyl (C=O) groups is 2. The standard InChI is InChI=1S/C20H27N5.2C2HF3O2/c1-16-11-22-19(23-12-16)25-8-5-20(6-9-25)10-18(20)15-24(2)14-17-4-3-7-21-13-17;2*3-2(4,5)1(6)7/h3-4,7,11-13,18H,5-6,8-10,14-15H2,1-2H3;2*(H,6,7). The Morgan fingerprint density at radius 2 is 1.54 bits per heavy atom. The van der Waals surface area contributed by atoms with E-state index in [9.17, 15) is 26.3 Å². The van der Waals surface area contributed by atoms with Crippen molar-refractivity contribution >= 4 is 17.9 Å². The molecule has 1 saturated heterocycles. The maximum atomic E-state index is 10.6. The lowest BCUT2D eigenvalue weighted by Gasteiger charge is -2.33. The average Bonchev–Trinajstić information content (AvgIpc) is 3.50. The van der Waals surface area contributed by atoms with Crippen molar-refractivity contribution in [2.45, 2.75) is 45.1 Å². The number of hydrogen-bond acceptors (Lipinski definition) is 7. The van der Waals surface area contributed by atoms with Crippen LogP contribution in [0.4, 0.5) is 32.3 Å². The molecule has 1 unspecified atom stereocenters. The van der Waals surface area contributed by atoms with Crippen LogP contribution in [-0.4, -0.2) is 81.0 Å². The van der Waals surface area contributed by atoms with Crippen molar-refractivity contribution in [1.29, 1.82) is 0 Å². The Morgan fingerprint density at radius 3 is 1.97 bits per heavy atom. The van der Waals surface area contributed by atoms with E-state index in [4.69, 9.17) is 19.8 Å². The number of pyridine rings is 1. The Hall–Kier alpha value is -3.49. The van der Waals surface area contributed by atoms with Gasteiger partial charge in [0.05, 0.1) is 0 Å². The van der Waals surface area contributed by atoms with Crippen LogP contribution in [0, 0.1) is 18.3 Å². The van der Waals surface area contributed by atoms with Gasteiger partial charge in [-0.15, -0.1) is 0 Å². The summed E-state index contributed by atoms with van der Waals surface area (Å²) in [5.74, 6) is -3.78. The molecular formula is C24H29F6N5O4. The molecule has 0 amide bonds. The molecule has 9 nitrogen and oxygen atoms in total. The van der Waals surface area contributed by atoms with E-state index in [2.05, 4.69) is 37.9 Å². The van der Waals surface area contributed by atoms with Crippen LogP contribution in [0.2, 0.25) is 0 Å². The summed E-state index contributed by atoms with van der Waals surface area (Å²) in [6, 6.07) is 4.18. The predicted molar refractivity (Wildman–Crippen MR) is 127 cm³/mol. The van der Waals surface area contributed by atoms with Crippen LogP contribution in [0.5, 0.6) is 0 Å². The first-order valence-electron chi connectivity index (χ1n) is 11.7. The van der Waals surface area contributed by atoms with Crippen LogP contribution in [0.3, 0.4) is 0 Å². The summed E-state index contributed by atoms with van der Waals surface area (Å²) in [7, 11) is 2.23. The first-order chi connectivity index (χ1) is 18.0. The molecule has 1 saturated carbocycles. The number of carboxylic acids is 2. The van der Waals surface area contributed by atoms with Gasteiger partial charge in [-0.3, -0.25) is 4.98 Å². The van der Waals surface area contributed by atoms with Crippen molar-refractivity contribution in [2.24, 2.45) is 11.3 Å². The zero-order valence-electron chi connectivity index (χ0n) is 21.2. The van der Waals surface area contributed by atoms with E-state index in [1.807, 2.05) is 37.8 Å². The number of aromatic nitrogens is 3. The zero-order chi connectivity index (χ0) is 29.4. The molecule has 2 N–H and O–H groups in total. The monoisotopic (exact) mass is 565 g/mol. The van der Waals surface area contributed by atoms with Gasteiger partial charge in [0.25, 0.3) is 0 Å². The van der Waals surface area contributed by atoms with Crippen molar-refractivity contribution in [1.82, 2.24) is 19.9 Å². The predicted octanol–water partition coefficient (Wildman–Crippen LogP) is 4.19. The van der Waals surface area contributed by atoms with E-state index in [1.54, 1.807) is 0 Å². The molecule has 1 aliphatic carbocycles. The number of hydrogen-bond donors (Lipinski definition) is 2. The quantitative estimate of drug-likeness (QED) is 0.515. The molecule has 1 aliphatic heterocycles. The van der Waals surface area contributed by atoms with Crippen molar-refractivity contribution < 1.29 is 46.1 Å². The number of halogens is 6. The van der Waals surface area contributed by atoms with E-state index >= 15 is 0 Å². The smallest absolute Gasteiger partial charge is 0.475 e. The molecule has 0 radical (unpaired) electrons. The highest BCUT2D eigenvalue weighted by Gasteiger charge is 2.54. The molecule has 0 aromatic carbocycles. The minimum Gasteiger partial charge on any atom is -0.475 e. The van der Waals surface area contributed by atoms with Crippen LogP contribution >= 0.6 is 0 Å². The molecule has 1 spiro atoms. The fourth-order valence-electron chi connectivity index (χ4n) is 4.25. The summed E-state index contributed by atoms with van der Waals surface area (Å²) in [5, 5.41) is 14.2. The van der Waals surface area contributed by atoms with Crippen molar-refractivity contribution in [3.63, 3.8) is 0 Å². The van der Waals surface area contributed by atoms with Gasteiger partial charge in [-0.2, -0.15) is 26.3 Å².